The van der Waals surface area contributed by atoms with Crippen LogP contribution in [0.5, 0.6) is 11.6 Å². The Balaban J connectivity index is 2.78. The van der Waals surface area contributed by atoms with E-state index in [1.807, 2.05) is 12.1 Å². The van der Waals surface area contributed by atoms with Crippen LogP contribution in [0.15, 0.2) is 24.3 Å². The van der Waals surface area contributed by atoms with Gasteiger partial charge in [-0.1, -0.05) is 12.1 Å². The SMILES string of the molecule is CCOc1nc2ccccc2c(OCC)c1C(=O)O. The molecule has 1 aromatic heterocycles. The molecule has 19 heavy (non-hydrogen) atoms. The van der Waals surface area contributed by atoms with Crippen molar-refractivity contribution in [3.05, 3.63) is 29.8 Å². The molecule has 1 heterocycles. The first-order valence-electron chi connectivity index (χ1n) is 6.10. The lowest BCUT2D eigenvalue weighted by molar-refractivity contribution is 0.0687. The van der Waals surface area contributed by atoms with E-state index in [9.17, 15) is 9.90 Å². The van der Waals surface area contributed by atoms with Gasteiger partial charge in [0.25, 0.3) is 0 Å². The minimum atomic E-state index is -1.11. The van der Waals surface area contributed by atoms with Crippen LogP contribution in [0.2, 0.25) is 0 Å². The molecule has 0 radical (unpaired) electrons. The maximum Gasteiger partial charge on any atom is 0.345 e. The highest BCUT2D eigenvalue weighted by atomic mass is 16.5. The van der Waals surface area contributed by atoms with Crippen LogP contribution in [0.4, 0.5) is 0 Å². The Hall–Kier alpha value is -2.30. The smallest absolute Gasteiger partial charge is 0.345 e. The van der Waals surface area contributed by atoms with Crippen LogP contribution in [-0.2, 0) is 0 Å². The predicted octanol–water partition coefficient (Wildman–Crippen LogP) is 2.73. The number of nitrogens with zero attached hydrogens (tertiary/aromatic N) is 1. The van der Waals surface area contributed by atoms with Gasteiger partial charge in [-0.05, 0) is 26.0 Å². The zero-order valence-electron chi connectivity index (χ0n) is 10.8. The van der Waals surface area contributed by atoms with Crippen molar-refractivity contribution in [3.63, 3.8) is 0 Å². The highest BCUT2D eigenvalue weighted by molar-refractivity contribution is 6.01. The number of fused-ring (bicyclic) bond motifs is 1. The number of carboxylic acid groups (broad SMARTS) is 1. The van der Waals surface area contributed by atoms with E-state index >= 15 is 0 Å². The first-order chi connectivity index (χ1) is 9.19. The normalized spacial score (nSPS) is 10.4. The number of hydrogen-bond donors (Lipinski definition) is 1. The van der Waals surface area contributed by atoms with Crippen molar-refractivity contribution >= 4 is 16.9 Å². The first-order valence-corrected chi connectivity index (χ1v) is 6.10. The van der Waals surface area contributed by atoms with Gasteiger partial charge in [-0.3, -0.25) is 0 Å². The van der Waals surface area contributed by atoms with Gasteiger partial charge in [0.2, 0.25) is 5.88 Å². The van der Waals surface area contributed by atoms with Crippen molar-refractivity contribution in [2.24, 2.45) is 0 Å². The summed E-state index contributed by atoms with van der Waals surface area (Å²) in [4.78, 5) is 15.7. The van der Waals surface area contributed by atoms with E-state index < -0.39 is 5.97 Å². The quantitative estimate of drug-likeness (QED) is 0.896. The molecule has 0 fully saturated rings. The number of ether oxygens (including phenoxy) is 2. The lowest BCUT2D eigenvalue weighted by Gasteiger charge is -2.14. The van der Waals surface area contributed by atoms with E-state index in [1.165, 1.54) is 0 Å². The van der Waals surface area contributed by atoms with Crippen LogP contribution < -0.4 is 9.47 Å². The van der Waals surface area contributed by atoms with Crippen LogP contribution in [0.1, 0.15) is 24.2 Å². The summed E-state index contributed by atoms with van der Waals surface area (Å²) >= 11 is 0. The molecular weight excluding hydrogens is 246 g/mol. The van der Waals surface area contributed by atoms with E-state index in [0.717, 1.165) is 0 Å². The largest absolute Gasteiger partial charge is 0.492 e. The van der Waals surface area contributed by atoms with Crippen molar-refractivity contribution < 1.29 is 19.4 Å². The molecule has 0 atom stereocenters. The molecule has 0 aliphatic heterocycles. The van der Waals surface area contributed by atoms with Crippen LogP contribution in [0.3, 0.4) is 0 Å². The Morgan fingerprint density at radius 3 is 2.53 bits per heavy atom. The lowest BCUT2D eigenvalue weighted by Crippen LogP contribution is -2.09. The molecule has 0 amide bonds. The summed E-state index contributed by atoms with van der Waals surface area (Å²) in [5.74, 6) is -0.702. The zero-order chi connectivity index (χ0) is 13.8. The minimum absolute atomic E-state index is 0.0256. The number of aromatic carboxylic acids is 1. The second-order valence-corrected chi connectivity index (χ2v) is 3.81. The zero-order valence-corrected chi connectivity index (χ0v) is 10.8. The Morgan fingerprint density at radius 2 is 1.89 bits per heavy atom. The van der Waals surface area contributed by atoms with Crippen molar-refractivity contribution in [1.82, 2.24) is 4.98 Å². The van der Waals surface area contributed by atoms with E-state index in [4.69, 9.17) is 9.47 Å². The molecule has 0 spiro atoms. The number of carbonyl (C=O) groups is 1. The van der Waals surface area contributed by atoms with Gasteiger partial charge in [0.05, 0.1) is 18.7 Å². The minimum Gasteiger partial charge on any atom is -0.492 e. The third kappa shape index (κ3) is 2.45. The predicted molar refractivity (Wildman–Crippen MR) is 71.0 cm³/mol. The summed E-state index contributed by atoms with van der Waals surface area (Å²) in [5, 5.41) is 10.0. The van der Waals surface area contributed by atoms with Gasteiger partial charge >= 0.3 is 5.97 Å². The average Bonchev–Trinajstić information content (AvgIpc) is 2.39. The molecule has 1 aromatic carbocycles. The number of aromatic nitrogens is 1. The Morgan fingerprint density at radius 1 is 1.21 bits per heavy atom. The molecule has 2 aromatic rings. The summed E-state index contributed by atoms with van der Waals surface area (Å²) in [7, 11) is 0. The van der Waals surface area contributed by atoms with Crippen LogP contribution >= 0.6 is 0 Å². The third-order valence-corrected chi connectivity index (χ3v) is 2.60. The molecule has 0 aliphatic carbocycles. The fourth-order valence-electron chi connectivity index (χ4n) is 1.88. The van der Waals surface area contributed by atoms with Gasteiger partial charge in [-0.25, -0.2) is 9.78 Å². The van der Waals surface area contributed by atoms with Gasteiger partial charge in [0, 0.05) is 5.39 Å². The van der Waals surface area contributed by atoms with Gasteiger partial charge in [0.1, 0.15) is 5.75 Å². The van der Waals surface area contributed by atoms with Crippen LogP contribution in [-0.4, -0.2) is 29.3 Å². The highest BCUT2D eigenvalue weighted by Gasteiger charge is 2.22. The van der Waals surface area contributed by atoms with Crippen molar-refractivity contribution in [3.8, 4) is 11.6 Å². The number of carboxylic acids is 1. The summed E-state index contributed by atoms with van der Waals surface area (Å²) in [5.41, 5.74) is 0.627. The molecule has 5 nitrogen and oxygen atoms in total. The maximum absolute atomic E-state index is 11.4. The second kappa shape index (κ2) is 5.56. The second-order valence-electron chi connectivity index (χ2n) is 3.81. The molecule has 5 heteroatoms. The maximum atomic E-state index is 11.4. The van der Waals surface area contributed by atoms with Crippen LogP contribution in [0.25, 0.3) is 10.9 Å². The molecule has 1 N–H and O–H groups in total. The standard InChI is InChI=1S/C14H15NO4/c1-3-18-12-9-7-5-6-8-10(9)15-13(19-4-2)11(12)14(16)17/h5-8H,3-4H2,1-2H3,(H,16,17). The third-order valence-electron chi connectivity index (χ3n) is 2.60. The van der Waals surface area contributed by atoms with Gasteiger partial charge in [-0.2, -0.15) is 0 Å². The van der Waals surface area contributed by atoms with Crippen molar-refractivity contribution in [2.75, 3.05) is 13.2 Å². The van der Waals surface area contributed by atoms with Crippen molar-refractivity contribution in [2.45, 2.75) is 13.8 Å². The fraction of sp³-hybridized carbons (Fsp3) is 0.286. The molecule has 0 unspecified atom stereocenters. The van der Waals surface area contributed by atoms with E-state index in [1.54, 1.807) is 26.0 Å². The molecular formula is C14H15NO4. The topological polar surface area (TPSA) is 68.7 Å². The van der Waals surface area contributed by atoms with Gasteiger partial charge in [0.15, 0.2) is 5.56 Å². The Bertz CT molecular complexity index is 610. The number of pyridine rings is 1. The lowest BCUT2D eigenvalue weighted by atomic mass is 10.1. The molecule has 2 rings (SSSR count). The number of benzene rings is 1. The van der Waals surface area contributed by atoms with E-state index in [-0.39, 0.29) is 11.4 Å². The molecule has 0 bridgehead atoms. The molecule has 0 saturated heterocycles. The van der Waals surface area contributed by atoms with Crippen molar-refractivity contribution in [1.29, 1.82) is 0 Å². The van der Waals surface area contributed by atoms with E-state index in [2.05, 4.69) is 4.98 Å². The van der Waals surface area contributed by atoms with E-state index in [0.29, 0.717) is 29.9 Å². The fourth-order valence-corrected chi connectivity index (χ4v) is 1.88. The van der Waals surface area contributed by atoms with Gasteiger partial charge in [-0.15, -0.1) is 0 Å². The molecule has 0 aliphatic rings. The Kier molecular flexibility index (Phi) is 3.85. The average molecular weight is 261 g/mol. The summed E-state index contributed by atoms with van der Waals surface area (Å²) in [6.45, 7) is 4.31. The molecule has 0 saturated carbocycles. The number of hydrogen-bond acceptors (Lipinski definition) is 4. The summed E-state index contributed by atoms with van der Waals surface area (Å²) in [6.07, 6.45) is 0. The Labute approximate surface area is 110 Å². The summed E-state index contributed by atoms with van der Waals surface area (Å²) < 4.78 is 10.8. The monoisotopic (exact) mass is 261 g/mol. The molecule has 100 valence electrons. The van der Waals surface area contributed by atoms with Gasteiger partial charge < -0.3 is 14.6 Å². The van der Waals surface area contributed by atoms with Crippen LogP contribution in [0, 0.1) is 0 Å². The highest BCUT2D eigenvalue weighted by Crippen LogP contribution is 2.34. The first kappa shape index (κ1) is 13.1. The number of rotatable bonds is 5. The number of para-hydroxylation sites is 1. The summed E-state index contributed by atoms with van der Waals surface area (Å²) in [6, 6.07) is 7.24.